The largest absolute Gasteiger partial charge is 0.444 e. The molecule has 100 valence electrons. The van der Waals surface area contributed by atoms with Crippen LogP contribution in [0.3, 0.4) is 0 Å². The average Bonchev–Trinajstić information content (AvgIpc) is 2.89. The van der Waals surface area contributed by atoms with E-state index in [1.807, 2.05) is 12.1 Å². The first kappa shape index (κ1) is 13.1. The van der Waals surface area contributed by atoms with Crippen molar-refractivity contribution in [3.8, 4) is 11.5 Å². The fourth-order valence-corrected chi connectivity index (χ4v) is 1.66. The van der Waals surface area contributed by atoms with E-state index in [0.717, 1.165) is 12.8 Å². The Bertz CT molecular complexity index is 563. The molecule has 0 aliphatic carbocycles. The molecule has 0 bridgehead atoms. The van der Waals surface area contributed by atoms with Crippen molar-refractivity contribution in [2.75, 3.05) is 12.3 Å². The zero-order valence-corrected chi connectivity index (χ0v) is 10.8. The van der Waals surface area contributed by atoms with Gasteiger partial charge in [0.2, 0.25) is 5.89 Å². The van der Waals surface area contributed by atoms with Gasteiger partial charge in [0.15, 0.2) is 5.69 Å². The van der Waals surface area contributed by atoms with Crippen LogP contribution in [0.5, 0.6) is 0 Å². The number of oxazole rings is 1. The summed E-state index contributed by atoms with van der Waals surface area (Å²) in [5.41, 5.74) is 7.37. The first-order valence-electron chi connectivity index (χ1n) is 6.31. The van der Waals surface area contributed by atoms with E-state index in [0.29, 0.717) is 23.7 Å². The van der Waals surface area contributed by atoms with Crippen molar-refractivity contribution < 1.29 is 9.21 Å². The molecule has 1 aromatic heterocycles. The van der Waals surface area contributed by atoms with Gasteiger partial charge in [0.25, 0.3) is 5.91 Å². The van der Waals surface area contributed by atoms with Gasteiger partial charge in [-0.15, -0.1) is 0 Å². The molecular formula is C14H17N3O2. The molecule has 0 unspecified atom stereocenters. The number of carbonyl (C=O) groups is 1. The fourth-order valence-electron chi connectivity index (χ4n) is 1.66. The lowest BCUT2D eigenvalue weighted by atomic mass is 10.2. The highest BCUT2D eigenvalue weighted by Gasteiger charge is 2.14. The maximum Gasteiger partial charge on any atom is 0.273 e. The number of unbranched alkanes of at least 4 members (excludes halogenated alkanes) is 1. The SMILES string of the molecule is CCCCNC(=O)c1coc(-c2ccccc2N)n1. The van der Waals surface area contributed by atoms with Crippen LogP contribution >= 0.6 is 0 Å². The van der Waals surface area contributed by atoms with E-state index in [1.165, 1.54) is 6.26 Å². The molecule has 1 amide bonds. The van der Waals surface area contributed by atoms with Crippen LogP contribution in [-0.4, -0.2) is 17.4 Å². The van der Waals surface area contributed by atoms with Crippen LogP contribution < -0.4 is 11.1 Å². The van der Waals surface area contributed by atoms with Gasteiger partial charge in [0, 0.05) is 12.2 Å². The zero-order valence-electron chi connectivity index (χ0n) is 10.8. The minimum absolute atomic E-state index is 0.224. The first-order valence-corrected chi connectivity index (χ1v) is 6.31. The Labute approximate surface area is 111 Å². The third-order valence-electron chi connectivity index (χ3n) is 2.74. The van der Waals surface area contributed by atoms with Crippen molar-refractivity contribution in [1.82, 2.24) is 10.3 Å². The Hall–Kier alpha value is -2.30. The molecule has 0 spiro atoms. The molecular weight excluding hydrogens is 242 g/mol. The second kappa shape index (κ2) is 6.04. The monoisotopic (exact) mass is 259 g/mol. The predicted molar refractivity (Wildman–Crippen MR) is 73.6 cm³/mol. The van der Waals surface area contributed by atoms with Crippen molar-refractivity contribution in [3.63, 3.8) is 0 Å². The lowest BCUT2D eigenvalue weighted by Gasteiger charge is -2.00. The third kappa shape index (κ3) is 3.13. The second-order valence-corrected chi connectivity index (χ2v) is 4.23. The Kier molecular flexibility index (Phi) is 4.18. The van der Waals surface area contributed by atoms with Crippen LogP contribution in [0.2, 0.25) is 0 Å². The molecule has 1 aromatic carbocycles. The zero-order chi connectivity index (χ0) is 13.7. The normalized spacial score (nSPS) is 10.4. The van der Waals surface area contributed by atoms with E-state index in [9.17, 15) is 4.79 Å². The molecule has 0 saturated carbocycles. The fraction of sp³-hybridized carbons (Fsp3) is 0.286. The van der Waals surface area contributed by atoms with Crippen molar-refractivity contribution in [1.29, 1.82) is 0 Å². The van der Waals surface area contributed by atoms with E-state index < -0.39 is 0 Å². The number of aromatic nitrogens is 1. The highest BCUT2D eigenvalue weighted by Crippen LogP contribution is 2.24. The quantitative estimate of drug-likeness (QED) is 0.638. The van der Waals surface area contributed by atoms with E-state index >= 15 is 0 Å². The Morgan fingerprint density at radius 3 is 2.95 bits per heavy atom. The number of carbonyl (C=O) groups excluding carboxylic acids is 1. The summed E-state index contributed by atoms with van der Waals surface area (Å²) in [6, 6.07) is 7.25. The molecule has 5 nitrogen and oxygen atoms in total. The molecule has 0 radical (unpaired) electrons. The van der Waals surface area contributed by atoms with Crippen molar-refractivity contribution in [3.05, 3.63) is 36.2 Å². The van der Waals surface area contributed by atoms with E-state index in [1.54, 1.807) is 12.1 Å². The average molecular weight is 259 g/mol. The molecule has 0 fully saturated rings. The summed E-state index contributed by atoms with van der Waals surface area (Å²) in [6.07, 6.45) is 3.33. The highest BCUT2D eigenvalue weighted by molar-refractivity contribution is 5.92. The molecule has 0 aliphatic rings. The van der Waals surface area contributed by atoms with Crippen molar-refractivity contribution in [2.45, 2.75) is 19.8 Å². The van der Waals surface area contributed by atoms with E-state index in [4.69, 9.17) is 10.2 Å². The van der Waals surface area contributed by atoms with Gasteiger partial charge >= 0.3 is 0 Å². The summed E-state index contributed by atoms with van der Waals surface area (Å²) in [7, 11) is 0. The molecule has 19 heavy (non-hydrogen) atoms. The van der Waals surface area contributed by atoms with Crippen LogP contribution in [-0.2, 0) is 0 Å². The maximum absolute atomic E-state index is 11.8. The van der Waals surface area contributed by atoms with Crippen LogP contribution in [0.1, 0.15) is 30.3 Å². The van der Waals surface area contributed by atoms with Gasteiger partial charge < -0.3 is 15.5 Å². The minimum Gasteiger partial charge on any atom is -0.444 e. The molecule has 3 N–H and O–H groups in total. The Balaban J connectivity index is 2.11. The number of nitrogens with zero attached hydrogens (tertiary/aromatic N) is 1. The standard InChI is InChI=1S/C14H17N3O2/c1-2-3-8-16-13(18)12-9-19-14(17-12)10-6-4-5-7-11(10)15/h4-7,9H,2-3,8,15H2,1H3,(H,16,18). The summed E-state index contributed by atoms with van der Waals surface area (Å²) in [6.45, 7) is 2.71. The third-order valence-corrected chi connectivity index (χ3v) is 2.74. The first-order chi connectivity index (χ1) is 9.22. The van der Waals surface area contributed by atoms with Gasteiger partial charge in [-0.3, -0.25) is 4.79 Å². The molecule has 1 heterocycles. The number of hydrogen-bond donors (Lipinski definition) is 2. The van der Waals surface area contributed by atoms with E-state index in [-0.39, 0.29) is 11.6 Å². The smallest absolute Gasteiger partial charge is 0.273 e. The number of nitrogens with one attached hydrogen (secondary N) is 1. The number of rotatable bonds is 5. The molecule has 0 atom stereocenters. The Morgan fingerprint density at radius 2 is 2.21 bits per heavy atom. The lowest BCUT2D eigenvalue weighted by molar-refractivity contribution is 0.0948. The molecule has 0 saturated heterocycles. The molecule has 2 rings (SSSR count). The number of amides is 1. The van der Waals surface area contributed by atoms with Crippen molar-refractivity contribution >= 4 is 11.6 Å². The van der Waals surface area contributed by atoms with Gasteiger partial charge in [-0.2, -0.15) is 0 Å². The topological polar surface area (TPSA) is 81.2 Å². The maximum atomic E-state index is 11.8. The van der Waals surface area contributed by atoms with Gasteiger partial charge in [-0.05, 0) is 18.6 Å². The number of hydrogen-bond acceptors (Lipinski definition) is 4. The number of nitrogen functional groups attached to an aromatic ring is 1. The van der Waals surface area contributed by atoms with E-state index in [2.05, 4.69) is 17.2 Å². The summed E-state index contributed by atoms with van der Waals surface area (Å²) in [5.74, 6) is 0.136. The van der Waals surface area contributed by atoms with Crippen LogP contribution in [0.25, 0.3) is 11.5 Å². The predicted octanol–water partition coefficient (Wildman–Crippen LogP) is 2.45. The van der Waals surface area contributed by atoms with Gasteiger partial charge in [0.1, 0.15) is 6.26 Å². The Morgan fingerprint density at radius 1 is 1.42 bits per heavy atom. The van der Waals surface area contributed by atoms with Crippen LogP contribution in [0, 0.1) is 0 Å². The van der Waals surface area contributed by atoms with Gasteiger partial charge in [-0.1, -0.05) is 25.5 Å². The lowest BCUT2D eigenvalue weighted by Crippen LogP contribution is -2.24. The van der Waals surface area contributed by atoms with Crippen LogP contribution in [0.4, 0.5) is 5.69 Å². The highest BCUT2D eigenvalue weighted by atomic mass is 16.3. The summed E-state index contributed by atoms with van der Waals surface area (Å²) in [5, 5.41) is 2.79. The number of anilines is 1. The second-order valence-electron chi connectivity index (χ2n) is 4.23. The molecule has 2 aromatic rings. The van der Waals surface area contributed by atoms with Gasteiger partial charge in [0.05, 0.1) is 5.56 Å². The van der Waals surface area contributed by atoms with Gasteiger partial charge in [-0.25, -0.2) is 4.98 Å². The summed E-state index contributed by atoms with van der Waals surface area (Å²) < 4.78 is 5.31. The number of para-hydroxylation sites is 1. The number of nitrogens with two attached hydrogens (primary N) is 1. The summed E-state index contributed by atoms with van der Waals surface area (Å²) in [4.78, 5) is 15.9. The molecule has 0 aliphatic heterocycles. The minimum atomic E-state index is -0.224. The molecule has 5 heteroatoms. The summed E-state index contributed by atoms with van der Waals surface area (Å²) >= 11 is 0. The van der Waals surface area contributed by atoms with Crippen LogP contribution in [0.15, 0.2) is 34.9 Å². The number of benzene rings is 1. The van der Waals surface area contributed by atoms with Crippen molar-refractivity contribution in [2.24, 2.45) is 0 Å².